The monoisotopic (exact) mass is 279 g/mol. The highest BCUT2D eigenvalue weighted by atomic mass is 19.1. The van der Waals surface area contributed by atoms with Crippen LogP contribution in [0.2, 0.25) is 0 Å². The number of benzene rings is 1. The zero-order valence-electron chi connectivity index (χ0n) is 11.7. The fourth-order valence-electron chi connectivity index (χ4n) is 2.51. The number of nitrogens with zero attached hydrogens (tertiary/aromatic N) is 1. The molecule has 0 aromatic heterocycles. The Balaban J connectivity index is 1.87. The molecular formula is C15H22FN3O. The van der Waals surface area contributed by atoms with Crippen LogP contribution >= 0.6 is 0 Å². The maximum absolute atomic E-state index is 12.9. The summed E-state index contributed by atoms with van der Waals surface area (Å²) in [5.41, 5.74) is 6.41. The van der Waals surface area contributed by atoms with Gasteiger partial charge in [0.15, 0.2) is 0 Å². The molecule has 0 spiro atoms. The summed E-state index contributed by atoms with van der Waals surface area (Å²) in [5.74, 6) is -0.492. The Morgan fingerprint density at radius 1 is 1.20 bits per heavy atom. The molecule has 1 aromatic carbocycles. The van der Waals surface area contributed by atoms with Crippen molar-refractivity contribution in [1.29, 1.82) is 0 Å². The normalized spacial score (nSPS) is 17.2. The second-order valence-electron chi connectivity index (χ2n) is 5.32. The summed E-state index contributed by atoms with van der Waals surface area (Å²) in [7, 11) is 0. The molecule has 1 heterocycles. The van der Waals surface area contributed by atoms with Gasteiger partial charge in [0.2, 0.25) is 5.91 Å². The van der Waals surface area contributed by atoms with E-state index in [0.717, 1.165) is 25.9 Å². The second kappa shape index (κ2) is 7.24. The van der Waals surface area contributed by atoms with Crippen molar-refractivity contribution in [3.05, 3.63) is 24.0 Å². The molecule has 3 N–H and O–H groups in total. The van der Waals surface area contributed by atoms with Crippen LogP contribution in [0.15, 0.2) is 18.2 Å². The van der Waals surface area contributed by atoms with Crippen LogP contribution in [0.1, 0.15) is 32.1 Å². The number of halogens is 1. The van der Waals surface area contributed by atoms with E-state index in [4.69, 9.17) is 5.73 Å². The van der Waals surface area contributed by atoms with Gasteiger partial charge in [-0.2, -0.15) is 0 Å². The Hall–Kier alpha value is -1.62. The summed E-state index contributed by atoms with van der Waals surface area (Å²) < 4.78 is 12.9. The standard InChI is InChI=1S/C15H22FN3O/c16-12-6-7-14(13(17)10-12)18-15(20)11-19-8-4-2-1-3-5-9-19/h6-7,10H,1-5,8-9,11,17H2,(H,18,20). The van der Waals surface area contributed by atoms with Crippen molar-refractivity contribution in [3.63, 3.8) is 0 Å². The van der Waals surface area contributed by atoms with Gasteiger partial charge in [-0.25, -0.2) is 4.39 Å². The summed E-state index contributed by atoms with van der Waals surface area (Å²) in [6.45, 7) is 2.30. The Bertz CT molecular complexity index is 456. The van der Waals surface area contributed by atoms with E-state index < -0.39 is 5.82 Å². The Morgan fingerprint density at radius 3 is 2.50 bits per heavy atom. The molecule has 1 amide bonds. The largest absolute Gasteiger partial charge is 0.397 e. The molecule has 20 heavy (non-hydrogen) atoms. The van der Waals surface area contributed by atoms with Gasteiger partial charge in [0.25, 0.3) is 0 Å². The van der Waals surface area contributed by atoms with Gasteiger partial charge in [0.1, 0.15) is 5.82 Å². The van der Waals surface area contributed by atoms with E-state index in [1.807, 2.05) is 0 Å². The lowest BCUT2D eigenvalue weighted by Crippen LogP contribution is -2.35. The van der Waals surface area contributed by atoms with E-state index in [-0.39, 0.29) is 11.6 Å². The summed E-state index contributed by atoms with van der Waals surface area (Å²) in [6.07, 6.45) is 6.07. The number of amides is 1. The molecule has 1 aromatic rings. The predicted octanol–water partition coefficient (Wildman–Crippen LogP) is 2.61. The molecule has 1 aliphatic heterocycles. The number of anilines is 2. The third-order valence-corrected chi connectivity index (χ3v) is 3.60. The van der Waals surface area contributed by atoms with Crippen molar-refractivity contribution in [2.45, 2.75) is 32.1 Å². The second-order valence-corrected chi connectivity index (χ2v) is 5.32. The first kappa shape index (κ1) is 14.8. The average Bonchev–Trinajstić information content (AvgIpc) is 2.36. The van der Waals surface area contributed by atoms with Crippen LogP contribution < -0.4 is 11.1 Å². The minimum atomic E-state index is -0.399. The minimum Gasteiger partial charge on any atom is -0.397 e. The van der Waals surface area contributed by atoms with Crippen LogP contribution in [0.3, 0.4) is 0 Å². The van der Waals surface area contributed by atoms with Crippen molar-refractivity contribution in [2.24, 2.45) is 0 Å². The number of hydrogen-bond acceptors (Lipinski definition) is 3. The zero-order chi connectivity index (χ0) is 14.4. The number of carbonyl (C=O) groups excluding carboxylic acids is 1. The number of nitrogen functional groups attached to an aromatic ring is 1. The molecule has 5 heteroatoms. The molecule has 1 saturated heterocycles. The summed E-state index contributed by atoms with van der Waals surface area (Å²) >= 11 is 0. The molecule has 4 nitrogen and oxygen atoms in total. The lowest BCUT2D eigenvalue weighted by Gasteiger charge is -2.23. The molecule has 1 fully saturated rings. The molecular weight excluding hydrogens is 257 g/mol. The first-order valence-electron chi connectivity index (χ1n) is 7.22. The van der Waals surface area contributed by atoms with Crippen molar-refractivity contribution in [1.82, 2.24) is 4.90 Å². The van der Waals surface area contributed by atoms with E-state index in [0.29, 0.717) is 12.2 Å². The van der Waals surface area contributed by atoms with Crippen LogP contribution in [0.4, 0.5) is 15.8 Å². The maximum atomic E-state index is 12.9. The number of hydrogen-bond donors (Lipinski definition) is 2. The fraction of sp³-hybridized carbons (Fsp3) is 0.533. The predicted molar refractivity (Wildman–Crippen MR) is 79.0 cm³/mol. The van der Waals surface area contributed by atoms with Crippen molar-refractivity contribution < 1.29 is 9.18 Å². The summed E-state index contributed by atoms with van der Waals surface area (Å²) in [6, 6.07) is 4.00. The van der Waals surface area contributed by atoms with Gasteiger partial charge in [-0.1, -0.05) is 19.3 Å². The molecule has 0 aliphatic carbocycles. The summed E-state index contributed by atoms with van der Waals surface area (Å²) in [5, 5.41) is 2.75. The number of carbonyl (C=O) groups is 1. The third-order valence-electron chi connectivity index (χ3n) is 3.60. The number of nitrogens with one attached hydrogen (secondary N) is 1. The van der Waals surface area contributed by atoms with E-state index in [9.17, 15) is 9.18 Å². The van der Waals surface area contributed by atoms with Crippen LogP contribution in [-0.4, -0.2) is 30.4 Å². The molecule has 110 valence electrons. The van der Waals surface area contributed by atoms with Crippen LogP contribution in [0.5, 0.6) is 0 Å². The maximum Gasteiger partial charge on any atom is 0.238 e. The van der Waals surface area contributed by atoms with E-state index in [1.165, 1.54) is 37.5 Å². The zero-order valence-corrected chi connectivity index (χ0v) is 11.7. The number of likely N-dealkylation sites (tertiary alicyclic amines) is 1. The van der Waals surface area contributed by atoms with E-state index >= 15 is 0 Å². The molecule has 0 unspecified atom stereocenters. The lowest BCUT2D eigenvalue weighted by molar-refractivity contribution is -0.117. The van der Waals surface area contributed by atoms with Gasteiger partial charge < -0.3 is 11.1 Å². The van der Waals surface area contributed by atoms with E-state index in [1.54, 1.807) is 0 Å². The van der Waals surface area contributed by atoms with Gasteiger partial charge in [0.05, 0.1) is 17.9 Å². The van der Waals surface area contributed by atoms with E-state index in [2.05, 4.69) is 10.2 Å². The van der Waals surface area contributed by atoms with Crippen LogP contribution in [0, 0.1) is 5.82 Å². The first-order valence-corrected chi connectivity index (χ1v) is 7.22. The highest BCUT2D eigenvalue weighted by Crippen LogP contribution is 2.19. The Kier molecular flexibility index (Phi) is 5.35. The number of rotatable bonds is 3. The fourth-order valence-corrected chi connectivity index (χ4v) is 2.51. The summed E-state index contributed by atoms with van der Waals surface area (Å²) in [4.78, 5) is 14.2. The smallest absolute Gasteiger partial charge is 0.238 e. The molecule has 2 rings (SSSR count). The van der Waals surface area contributed by atoms with Gasteiger partial charge >= 0.3 is 0 Å². The molecule has 1 aliphatic rings. The van der Waals surface area contributed by atoms with Gasteiger partial charge in [0, 0.05) is 0 Å². The SMILES string of the molecule is Nc1cc(F)ccc1NC(=O)CN1CCCCCCC1. The minimum absolute atomic E-state index is 0.0936. The quantitative estimate of drug-likeness (QED) is 0.836. The van der Waals surface area contributed by atoms with Crippen LogP contribution in [0.25, 0.3) is 0 Å². The average molecular weight is 279 g/mol. The molecule has 0 bridgehead atoms. The number of nitrogens with two attached hydrogens (primary N) is 1. The van der Waals surface area contributed by atoms with Crippen molar-refractivity contribution in [2.75, 3.05) is 30.7 Å². The van der Waals surface area contributed by atoms with Gasteiger partial charge in [-0.3, -0.25) is 9.69 Å². The van der Waals surface area contributed by atoms with Crippen LogP contribution in [-0.2, 0) is 4.79 Å². The van der Waals surface area contributed by atoms with Gasteiger partial charge in [-0.15, -0.1) is 0 Å². The lowest BCUT2D eigenvalue weighted by atomic mass is 10.1. The van der Waals surface area contributed by atoms with Crippen molar-refractivity contribution in [3.8, 4) is 0 Å². The molecule has 0 saturated carbocycles. The van der Waals surface area contributed by atoms with Crippen molar-refractivity contribution >= 4 is 17.3 Å². The first-order chi connectivity index (χ1) is 9.65. The third kappa shape index (κ3) is 4.49. The Morgan fingerprint density at radius 2 is 1.85 bits per heavy atom. The highest BCUT2D eigenvalue weighted by Gasteiger charge is 2.13. The molecule has 0 atom stereocenters. The Labute approximate surface area is 119 Å². The topological polar surface area (TPSA) is 58.4 Å². The molecule has 0 radical (unpaired) electrons. The van der Waals surface area contributed by atoms with Gasteiger partial charge in [-0.05, 0) is 44.1 Å². The highest BCUT2D eigenvalue weighted by molar-refractivity contribution is 5.95.